The first-order chi connectivity index (χ1) is 6.61. The quantitative estimate of drug-likeness (QED) is 0.740. The summed E-state index contributed by atoms with van der Waals surface area (Å²) >= 11 is 0. The second-order valence-corrected chi connectivity index (χ2v) is 3.24. The van der Waals surface area contributed by atoms with Gasteiger partial charge in [0.15, 0.2) is 0 Å². The zero-order valence-corrected chi connectivity index (χ0v) is 7.93. The van der Waals surface area contributed by atoms with Crippen LogP contribution in [0.1, 0.15) is 24.8 Å². The lowest BCUT2D eigenvalue weighted by atomic mass is 9.96. The van der Waals surface area contributed by atoms with Crippen molar-refractivity contribution in [2.24, 2.45) is 0 Å². The Hall–Kier alpha value is -1.64. The molecule has 3 heteroatoms. The fourth-order valence-corrected chi connectivity index (χ4v) is 1.26. The summed E-state index contributed by atoms with van der Waals surface area (Å²) in [6, 6.07) is 9.41. The van der Waals surface area contributed by atoms with Gasteiger partial charge in [-0.25, -0.2) is 4.79 Å². The highest BCUT2D eigenvalue weighted by molar-refractivity contribution is 6.32. The van der Waals surface area contributed by atoms with Crippen LogP contribution in [0.3, 0.4) is 0 Å². The number of hydrogen-bond acceptors (Lipinski definition) is 2. The van der Waals surface area contributed by atoms with Gasteiger partial charge in [-0.15, -0.1) is 0 Å². The number of hydrogen-bond donors (Lipinski definition) is 1. The monoisotopic (exact) mass is 192 g/mol. The van der Waals surface area contributed by atoms with Crippen LogP contribution in [0.4, 0.5) is 0 Å². The van der Waals surface area contributed by atoms with E-state index >= 15 is 0 Å². The molecule has 0 fully saturated rings. The van der Waals surface area contributed by atoms with Crippen LogP contribution in [0.25, 0.3) is 0 Å². The van der Waals surface area contributed by atoms with Crippen LogP contribution in [-0.2, 0) is 9.59 Å². The topological polar surface area (TPSA) is 54.4 Å². The number of benzene rings is 1. The molecule has 0 aromatic heterocycles. The van der Waals surface area contributed by atoms with Gasteiger partial charge in [0.05, 0.1) is 0 Å². The van der Waals surface area contributed by atoms with E-state index in [4.69, 9.17) is 5.11 Å². The van der Waals surface area contributed by atoms with Crippen molar-refractivity contribution in [1.29, 1.82) is 0 Å². The molecule has 0 aliphatic carbocycles. The number of aliphatic carboxylic acids is 1. The second kappa shape index (κ2) is 4.56. The maximum absolute atomic E-state index is 10.9. The van der Waals surface area contributed by atoms with Gasteiger partial charge in [-0.05, 0) is 11.5 Å². The van der Waals surface area contributed by atoms with Gasteiger partial charge < -0.3 is 5.11 Å². The first-order valence-electron chi connectivity index (χ1n) is 4.42. The van der Waals surface area contributed by atoms with Gasteiger partial charge in [0.25, 0.3) is 0 Å². The molecule has 0 unspecified atom stereocenters. The van der Waals surface area contributed by atoms with Crippen LogP contribution in [0, 0.1) is 0 Å². The lowest BCUT2D eigenvalue weighted by Crippen LogP contribution is -2.14. The Kier molecular flexibility index (Phi) is 3.40. The van der Waals surface area contributed by atoms with Crippen molar-refractivity contribution < 1.29 is 14.7 Å². The highest BCUT2D eigenvalue weighted by Gasteiger charge is 2.16. The molecule has 3 nitrogen and oxygen atoms in total. The van der Waals surface area contributed by atoms with Gasteiger partial charge in [-0.1, -0.05) is 37.3 Å². The molecule has 0 aliphatic rings. The smallest absolute Gasteiger partial charge is 0.372 e. The summed E-state index contributed by atoms with van der Waals surface area (Å²) in [6.07, 6.45) is 0.0549. The molecule has 1 aromatic rings. The second-order valence-electron chi connectivity index (χ2n) is 3.24. The molecule has 0 aliphatic heterocycles. The average Bonchev–Trinajstić information content (AvgIpc) is 2.19. The van der Waals surface area contributed by atoms with Crippen molar-refractivity contribution in [2.45, 2.75) is 19.3 Å². The molecule has 0 saturated carbocycles. The van der Waals surface area contributed by atoms with Crippen molar-refractivity contribution in [3.8, 4) is 0 Å². The largest absolute Gasteiger partial charge is 0.476 e. The van der Waals surface area contributed by atoms with E-state index in [0.29, 0.717) is 0 Å². The Morgan fingerprint density at radius 1 is 1.29 bits per heavy atom. The Morgan fingerprint density at radius 2 is 1.86 bits per heavy atom. The predicted molar refractivity (Wildman–Crippen MR) is 52.1 cm³/mol. The van der Waals surface area contributed by atoms with Crippen LogP contribution in [0.5, 0.6) is 0 Å². The van der Waals surface area contributed by atoms with E-state index in [1.165, 1.54) is 0 Å². The Balaban J connectivity index is 2.64. The molecular formula is C11H12O3. The summed E-state index contributed by atoms with van der Waals surface area (Å²) in [6.45, 7) is 1.84. The number of carboxylic acids is 1. The average molecular weight is 192 g/mol. The first kappa shape index (κ1) is 10.4. The first-order valence-corrected chi connectivity index (χ1v) is 4.42. The van der Waals surface area contributed by atoms with E-state index < -0.39 is 11.8 Å². The van der Waals surface area contributed by atoms with Crippen molar-refractivity contribution >= 4 is 11.8 Å². The van der Waals surface area contributed by atoms with Crippen molar-refractivity contribution in [2.75, 3.05) is 0 Å². The van der Waals surface area contributed by atoms with Crippen molar-refractivity contribution in [3.05, 3.63) is 35.9 Å². The summed E-state index contributed by atoms with van der Waals surface area (Å²) in [7, 11) is 0. The minimum Gasteiger partial charge on any atom is -0.476 e. The molecule has 0 heterocycles. The minimum atomic E-state index is -1.35. The highest BCUT2D eigenvalue weighted by atomic mass is 16.4. The minimum absolute atomic E-state index is 0.0419. The zero-order chi connectivity index (χ0) is 10.6. The number of ketones is 1. The number of carboxylic acid groups (broad SMARTS) is 1. The van der Waals surface area contributed by atoms with Gasteiger partial charge in [0.2, 0.25) is 5.78 Å². The molecule has 0 radical (unpaired) electrons. The van der Waals surface area contributed by atoms with Crippen LogP contribution in [0.15, 0.2) is 30.3 Å². The normalized spacial score (nSPS) is 12.1. The Labute approximate surface area is 82.4 Å². The van der Waals surface area contributed by atoms with Crippen molar-refractivity contribution in [1.82, 2.24) is 0 Å². The van der Waals surface area contributed by atoms with Crippen LogP contribution >= 0.6 is 0 Å². The predicted octanol–water partition coefficient (Wildman–Crippen LogP) is 1.83. The summed E-state index contributed by atoms with van der Waals surface area (Å²) in [5.41, 5.74) is 0.988. The number of rotatable bonds is 4. The summed E-state index contributed by atoms with van der Waals surface area (Å²) in [5, 5.41) is 8.43. The third-order valence-corrected chi connectivity index (χ3v) is 2.10. The van der Waals surface area contributed by atoms with E-state index in [1.807, 2.05) is 37.3 Å². The molecule has 14 heavy (non-hydrogen) atoms. The summed E-state index contributed by atoms with van der Waals surface area (Å²) in [4.78, 5) is 21.2. The van der Waals surface area contributed by atoms with Gasteiger partial charge in [0.1, 0.15) is 0 Å². The van der Waals surface area contributed by atoms with Gasteiger partial charge in [-0.3, -0.25) is 4.79 Å². The molecule has 1 atom stereocenters. The van der Waals surface area contributed by atoms with Crippen LogP contribution < -0.4 is 0 Å². The summed E-state index contributed by atoms with van der Waals surface area (Å²) in [5.74, 6) is -2.13. The number of carbonyl (C=O) groups excluding carboxylic acids is 1. The highest BCUT2D eigenvalue weighted by Crippen LogP contribution is 2.18. The maximum Gasteiger partial charge on any atom is 0.372 e. The Bertz CT molecular complexity index is 330. The standard InChI is InChI=1S/C11H12O3/c1-8(7-10(12)11(13)14)9-5-3-2-4-6-9/h2-6,8H,7H2,1H3,(H,13,14)/t8-/m1/s1. The van der Waals surface area contributed by atoms with Gasteiger partial charge in [-0.2, -0.15) is 0 Å². The molecule has 1 rings (SSSR count). The molecule has 0 bridgehead atoms. The maximum atomic E-state index is 10.9. The molecular weight excluding hydrogens is 180 g/mol. The molecule has 1 aromatic carbocycles. The van der Waals surface area contributed by atoms with E-state index in [0.717, 1.165) is 5.56 Å². The molecule has 74 valence electrons. The van der Waals surface area contributed by atoms with E-state index in [9.17, 15) is 9.59 Å². The Morgan fingerprint density at radius 3 is 2.36 bits per heavy atom. The van der Waals surface area contributed by atoms with Gasteiger partial charge in [0, 0.05) is 6.42 Å². The van der Waals surface area contributed by atoms with Crippen LogP contribution in [0.2, 0.25) is 0 Å². The molecule has 0 amide bonds. The van der Waals surface area contributed by atoms with Crippen LogP contribution in [-0.4, -0.2) is 16.9 Å². The fourth-order valence-electron chi connectivity index (χ4n) is 1.26. The van der Waals surface area contributed by atoms with E-state index in [-0.39, 0.29) is 12.3 Å². The fraction of sp³-hybridized carbons (Fsp3) is 0.273. The number of Topliss-reactive ketones (excluding diaryl/α,β-unsaturated/α-hetero) is 1. The number of carbonyl (C=O) groups is 2. The lowest BCUT2D eigenvalue weighted by Gasteiger charge is -2.08. The third-order valence-electron chi connectivity index (χ3n) is 2.10. The van der Waals surface area contributed by atoms with Crippen molar-refractivity contribution in [3.63, 3.8) is 0 Å². The molecule has 0 saturated heterocycles. The zero-order valence-electron chi connectivity index (χ0n) is 7.93. The molecule has 0 spiro atoms. The molecule has 1 N–H and O–H groups in total. The summed E-state index contributed by atoms with van der Waals surface area (Å²) < 4.78 is 0. The van der Waals surface area contributed by atoms with Gasteiger partial charge >= 0.3 is 5.97 Å². The van der Waals surface area contributed by atoms with E-state index in [1.54, 1.807) is 0 Å². The third kappa shape index (κ3) is 2.69. The lowest BCUT2D eigenvalue weighted by molar-refractivity contribution is -0.149. The SMILES string of the molecule is C[C@H](CC(=O)C(=O)O)c1ccccc1. The van der Waals surface area contributed by atoms with E-state index in [2.05, 4.69) is 0 Å².